The molecule has 0 fully saturated rings. The smallest absolute Gasteiger partial charge is 0.123 e. The van der Waals surface area contributed by atoms with Gasteiger partial charge in [-0.15, -0.1) is 0 Å². The first-order valence-corrected chi connectivity index (χ1v) is 5.33. The van der Waals surface area contributed by atoms with Gasteiger partial charge in [-0.05, 0) is 34.9 Å². The van der Waals surface area contributed by atoms with Crippen LogP contribution in [0.1, 0.15) is 5.56 Å². The average Bonchev–Trinajstić information content (AvgIpc) is 2.29. The molecule has 2 rings (SSSR count). The van der Waals surface area contributed by atoms with Gasteiger partial charge < -0.3 is 5.73 Å². The summed E-state index contributed by atoms with van der Waals surface area (Å²) in [6, 6.07) is 12.0. The van der Waals surface area contributed by atoms with E-state index in [0.717, 1.165) is 16.7 Å². The predicted molar refractivity (Wildman–Crippen MR) is 64.7 cm³/mol. The molecular weight excluding hydrogens is 225 g/mol. The second-order valence-electron chi connectivity index (χ2n) is 3.52. The lowest BCUT2D eigenvalue weighted by Gasteiger charge is -2.05. The Bertz CT molecular complexity index is 511. The molecule has 0 aromatic heterocycles. The SMILES string of the molecule is NCc1ccc(-c2cccc(F)c2)cc1Cl. The van der Waals surface area contributed by atoms with E-state index in [-0.39, 0.29) is 5.82 Å². The third-order valence-electron chi connectivity index (χ3n) is 2.43. The molecule has 0 spiro atoms. The molecule has 0 saturated carbocycles. The Labute approximate surface area is 98.7 Å². The van der Waals surface area contributed by atoms with E-state index in [1.807, 2.05) is 18.2 Å². The largest absolute Gasteiger partial charge is 0.326 e. The zero-order valence-electron chi connectivity index (χ0n) is 8.58. The Morgan fingerprint density at radius 2 is 1.81 bits per heavy atom. The molecule has 16 heavy (non-hydrogen) atoms. The Hall–Kier alpha value is -1.38. The highest BCUT2D eigenvalue weighted by Crippen LogP contribution is 2.25. The highest BCUT2D eigenvalue weighted by atomic mass is 35.5. The summed E-state index contributed by atoms with van der Waals surface area (Å²) in [4.78, 5) is 0. The van der Waals surface area contributed by atoms with Gasteiger partial charge in [-0.2, -0.15) is 0 Å². The summed E-state index contributed by atoms with van der Waals surface area (Å²) >= 11 is 6.05. The van der Waals surface area contributed by atoms with E-state index in [1.54, 1.807) is 12.1 Å². The van der Waals surface area contributed by atoms with Crippen LogP contribution in [0.3, 0.4) is 0 Å². The maximum Gasteiger partial charge on any atom is 0.123 e. The molecule has 0 aliphatic carbocycles. The Kier molecular flexibility index (Phi) is 3.22. The topological polar surface area (TPSA) is 26.0 Å². The fraction of sp³-hybridized carbons (Fsp3) is 0.0769. The van der Waals surface area contributed by atoms with Gasteiger partial charge in [-0.25, -0.2) is 4.39 Å². The Morgan fingerprint density at radius 3 is 2.44 bits per heavy atom. The molecule has 0 saturated heterocycles. The maximum atomic E-state index is 13.0. The molecule has 2 N–H and O–H groups in total. The fourth-order valence-corrected chi connectivity index (χ4v) is 1.82. The second-order valence-corrected chi connectivity index (χ2v) is 3.93. The lowest BCUT2D eigenvalue weighted by Crippen LogP contribution is -1.96. The second kappa shape index (κ2) is 4.64. The maximum absolute atomic E-state index is 13.0. The van der Waals surface area contributed by atoms with E-state index >= 15 is 0 Å². The fourth-order valence-electron chi connectivity index (χ4n) is 1.56. The van der Waals surface area contributed by atoms with E-state index in [2.05, 4.69) is 0 Å². The van der Waals surface area contributed by atoms with Gasteiger partial charge in [0.25, 0.3) is 0 Å². The van der Waals surface area contributed by atoms with Crippen LogP contribution < -0.4 is 5.73 Å². The van der Waals surface area contributed by atoms with Crippen LogP contribution in [0.25, 0.3) is 11.1 Å². The molecule has 0 unspecified atom stereocenters. The highest BCUT2D eigenvalue weighted by Gasteiger charge is 2.03. The van der Waals surface area contributed by atoms with Crippen LogP contribution in [0.15, 0.2) is 42.5 Å². The molecule has 0 bridgehead atoms. The highest BCUT2D eigenvalue weighted by molar-refractivity contribution is 6.31. The number of nitrogens with two attached hydrogens (primary N) is 1. The average molecular weight is 236 g/mol. The first-order valence-electron chi connectivity index (χ1n) is 4.95. The molecular formula is C13H11ClFN. The molecule has 1 nitrogen and oxygen atoms in total. The molecule has 0 amide bonds. The molecule has 0 aliphatic heterocycles. The molecule has 2 aromatic carbocycles. The van der Waals surface area contributed by atoms with Gasteiger partial charge in [0, 0.05) is 11.6 Å². The van der Waals surface area contributed by atoms with Crippen molar-refractivity contribution in [3.05, 3.63) is 58.9 Å². The standard InChI is InChI=1S/C13H11ClFN/c14-13-7-10(4-5-11(13)8-16)9-2-1-3-12(15)6-9/h1-7H,8,16H2. The molecule has 0 atom stereocenters. The normalized spacial score (nSPS) is 10.4. The van der Waals surface area contributed by atoms with Crippen molar-refractivity contribution in [2.45, 2.75) is 6.54 Å². The molecule has 3 heteroatoms. The predicted octanol–water partition coefficient (Wildman–Crippen LogP) is 3.60. The van der Waals surface area contributed by atoms with Crippen LogP contribution in [-0.4, -0.2) is 0 Å². The van der Waals surface area contributed by atoms with Gasteiger partial charge in [0.05, 0.1) is 0 Å². The van der Waals surface area contributed by atoms with Crippen LogP contribution in [0.4, 0.5) is 4.39 Å². The van der Waals surface area contributed by atoms with Crippen LogP contribution in [-0.2, 0) is 6.54 Å². The number of halogens is 2. The van der Waals surface area contributed by atoms with Gasteiger partial charge in [-0.3, -0.25) is 0 Å². The van der Waals surface area contributed by atoms with Gasteiger partial charge >= 0.3 is 0 Å². The first-order chi connectivity index (χ1) is 7.70. The lowest BCUT2D eigenvalue weighted by atomic mass is 10.0. The van der Waals surface area contributed by atoms with Crippen molar-refractivity contribution >= 4 is 11.6 Å². The van der Waals surface area contributed by atoms with Crippen molar-refractivity contribution in [3.8, 4) is 11.1 Å². The third-order valence-corrected chi connectivity index (χ3v) is 2.78. The minimum Gasteiger partial charge on any atom is -0.326 e. The summed E-state index contributed by atoms with van der Waals surface area (Å²) in [6.45, 7) is 0.405. The van der Waals surface area contributed by atoms with Crippen LogP contribution in [0.2, 0.25) is 5.02 Å². The van der Waals surface area contributed by atoms with Crippen LogP contribution in [0, 0.1) is 5.82 Å². The van der Waals surface area contributed by atoms with Gasteiger partial charge in [-0.1, -0.05) is 35.9 Å². The van der Waals surface area contributed by atoms with Crippen molar-refractivity contribution < 1.29 is 4.39 Å². The van der Waals surface area contributed by atoms with Crippen LogP contribution >= 0.6 is 11.6 Å². The van der Waals surface area contributed by atoms with E-state index in [1.165, 1.54) is 12.1 Å². The molecule has 0 aliphatic rings. The summed E-state index contributed by atoms with van der Waals surface area (Å²) in [6.07, 6.45) is 0. The van der Waals surface area contributed by atoms with E-state index in [0.29, 0.717) is 11.6 Å². The van der Waals surface area contributed by atoms with E-state index < -0.39 is 0 Å². The molecule has 0 radical (unpaired) electrons. The summed E-state index contributed by atoms with van der Waals surface area (Å²) in [5, 5.41) is 0.615. The monoisotopic (exact) mass is 235 g/mol. The van der Waals surface area contributed by atoms with Gasteiger partial charge in [0.1, 0.15) is 5.82 Å². The summed E-state index contributed by atoms with van der Waals surface area (Å²) in [5.41, 5.74) is 8.11. The Balaban J connectivity index is 2.45. The van der Waals surface area contributed by atoms with E-state index in [9.17, 15) is 4.39 Å². The number of hydrogen-bond acceptors (Lipinski definition) is 1. The van der Waals surface area contributed by atoms with Crippen molar-refractivity contribution in [2.75, 3.05) is 0 Å². The minimum atomic E-state index is -0.253. The summed E-state index contributed by atoms with van der Waals surface area (Å²) in [7, 11) is 0. The Morgan fingerprint density at radius 1 is 1.06 bits per heavy atom. The summed E-state index contributed by atoms with van der Waals surface area (Å²) in [5.74, 6) is -0.253. The van der Waals surface area contributed by atoms with E-state index in [4.69, 9.17) is 17.3 Å². The van der Waals surface area contributed by atoms with Gasteiger partial charge in [0.15, 0.2) is 0 Å². The zero-order chi connectivity index (χ0) is 11.5. The molecule has 82 valence electrons. The minimum absolute atomic E-state index is 0.253. The zero-order valence-corrected chi connectivity index (χ0v) is 9.34. The molecule has 0 heterocycles. The van der Waals surface area contributed by atoms with Gasteiger partial charge in [0.2, 0.25) is 0 Å². The van der Waals surface area contributed by atoms with Crippen LogP contribution in [0.5, 0.6) is 0 Å². The number of benzene rings is 2. The lowest BCUT2D eigenvalue weighted by molar-refractivity contribution is 0.628. The number of rotatable bonds is 2. The summed E-state index contributed by atoms with van der Waals surface area (Å²) < 4.78 is 13.0. The van der Waals surface area contributed by atoms with Crippen molar-refractivity contribution in [1.82, 2.24) is 0 Å². The van der Waals surface area contributed by atoms with Crippen molar-refractivity contribution in [1.29, 1.82) is 0 Å². The van der Waals surface area contributed by atoms with Crippen molar-refractivity contribution in [3.63, 3.8) is 0 Å². The molecule has 2 aromatic rings. The number of hydrogen-bond donors (Lipinski definition) is 1. The quantitative estimate of drug-likeness (QED) is 0.846. The third kappa shape index (κ3) is 2.23. The van der Waals surface area contributed by atoms with Crippen molar-refractivity contribution in [2.24, 2.45) is 5.73 Å². The first kappa shape index (κ1) is 11.1.